The molecule has 0 aliphatic heterocycles. The first-order valence-corrected chi connectivity index (χ1v) is 10.3. The summed E-state index contributed by atoms with van der Waals surface area (Å²) in [5.74, 6) is -0.307. The number of benzene rings is 2. The summed E-state index contributed by atoms with van der Waals surface area (Å²) in [7, 11) is -4.02. The Labute approximate surface area is 160 Å². The zero-order valence-corrected chi connectivity index (χ0v) is 16.1. The molecule has 146 valence electrons. The van der Waals surface area contributed by atoms with Crippen LogP contribution in [0.25, 0.3) is 0 Å². The van der Waals surface area contributed by atoms with E-state index < -0.39 is 16.2 Å². The van der Waals surface area contributed by atoms with Crippen molar-refractivity contribution in [2.24, 2.45) is 5.73 Å². The molecule has 0 aromatic heterocycles. The van der Waals surface area contributed by atoms with Crippen LogP contribution in [-0.2, 0) is 19.6 Å². The van der Waals surface area contributed by atoms with Gasteiger partial charge in [-0.2, -0.15) is 8.42 Å². The lowest BCUT2D eigenvalue weighted by Gasteiger charge is -2.15. The second kappa shape index (κ2) is 9.64. The van der Waals surface area contributed by atoms with Gasteiger partial charge in [0.1, 0.15) is 12.1 Å². The first-order chi connectivity index (χ1) is 12.8. The maximum atomic E-state index is 11.8. The number of nitrogens with two attached hydrogens (primary N) is 1. The summed E-state index contributed by atoms with van der Waals surface area (Å²) < 4.78 is 34.9. The van der Waals surface area contributed by atoms with Gasteiger partial charge in [-0.3, -0.25) is 4.55 Å². The Morgan fingerprint density at radius 3 is 2.15 bits per heavy atom. The van der Waals surface area contributed by atoms with Crippen LogP contribution in [0.3, 0.4) is 0 Å². The molecule has 0 unspecified atom stereocenters. The van der Waals surface area contributed by atoms with Crippen LogP contribution in [0, 0.1) is 6.92 Å². The van der Waals surface area contributed by atoms with Crippen LogP contribution in [0.2, 0.25) is 0 Å². The molecule has 6 nitrogen and oxygen atoms in total. The summed E-state index contributed by atoms with van der Waals surface area (Å²) in [5, 5.41) is 0. The minimum atomic E-state index is -4.02. The van der Waals surface area contributed by atoms with Gasteiger partial charge in [0.25, 0.3) is 10.1 Å². The van der Waals surface area contributed by atoms with Gasteiger partial charge in [0.15, 0.2) is 0 Å². The van der Waals surface area contributed by atoms with E-state index in [0.717, 1.165) is 36.8 Å². The molecule has 0 amide bonds. The summed E-state index contributed by atoms with van der Waals surface area (Å²) in [6.45, 7) is 1.84. The molecular formula is C20H25NO5S. The molecule has 1 fully saturated rings. The number of hydrogen-bond acceptors (Lipinski definition) is 5. The van der Waals surface area contributed by atoms with Gasteiger partial charge in [-0.15, -0.1) is 0 Å². The fourth-order valence-electron chi connectivity index (χ4n) is 2.75. The van der Waals surface area contributed by atoms with E-state index in [-0.39, 0.29) is 17.0 Å². The molecule has 1 atom stereocenters. The van der Waals surface area contributed by atoms with E-state index in [1.165, 1.54) is 12.1 Å². The number of carbonyl (C=O) groups is 1. The Bertz CT molecular complexity index is 828. The molecule has 2 aromatic rings. The van der Waals surface area contributed by atoms with Crippen molar-refractivity contribution in [2.45, 2.75) is 49.6 Å². The number of aryl methyl sites for hydroxylation is 1. The van der Waals surface area contributed by atoms with Crippen LogP contribution in [0.1, 0.15) is 42.9 Å². The van der Waals surface area contributed by atoms with Crippen molar-refractivity contribution in [1.82, 2.24) is 0 Å². The zero-order chi connectivity index (χ0) is 19.9. The SMILES string of the molecule is Cc1ccc(S(=O)(=O)O)cc1.N[C@H](C(=O)OC1CCCC1)c1ccccc1. The lowest BCUT2D eigenvalue weighted by molar-refractivity contribution is -0.150. The highest BCUT2D eigenvalue weighted by atomic mass is 32.2. The predicted molar refractivity (Wildman–Crippen MR) is 103 cm³/mol. The van der Waals surface area contributed by atoms with Crippen molar-refractivity contribution in [3.8, 4) is 0 Å². The quantitative estimate of drug-likeness (QED) is 0.611. The van der Waals surface area contributed by atoms with Crippen molar-refractivity contribution in [3.05, 3.63) is 65.7 Å². The molecule has 1 aliphatic carbocycles. The second-order valence-corrected chi connectivity index (χ2v) is 7.94. The average Bonchev–Trinajstić information content (AvgIpc) is 3.15. The summed E-state index contributed by atoms with van der Waals surface area (Å²) in [4.78, 5) is 11.7. The number of hydrogen-bond donors (Lipinski definition) is 2. The van der Waals surface area contributed by atoms with Crippen LogP contribution >= 0.6 is 0 Å². The minimum absolute atomic E-state index is 0.0666. The number of ether oxygens (including phenoxy) is 1. The molecule has 7 heteroatoms. The van der Waals surface area contributed by atoms with E-state index in [2.05, 4.69) is 0 Å². The lowest BCUT2D eigenvalue weighted by atomic mass is 10.1. The van der Waals surface area contributed by atoms with E-state index in [4.69, 9.17) is 15.0 Å². The molecule has 0 saturated heterocycles. The first kappa shape index (κ1) is 21.1. The highest BCUT2D eigenvalue weighted by molar-refractivity contribution is 7.85. The highest BCUT2D eigenvalue weighted by Crippen LogP contribution is 2.23. The number of carbonyl (C=O) groups excluding carboxylic acids is 1. The standard InChI is InChI=1S/C13H17NO2.C7H8O3S/c14-12(10-6-2-1-3-7-10)13(15)16-11-8-4-5-9-11;1-6-2-4-7(5-3-6)11(8,9)10/h1-3,6-7,11-12H,4-5,8-9,14H2;2-5H,1H3,(H,8,9,10)/t12-;/m0./s1. The van der Waals surface area contributed by atoms with Gasteiger partial charge in [-0.05, 0) is 50.3 Å². The third-order valence-electron chi connectivity index (χ3n) is 4.32. The van der Waals surface area contributed by atoms with Crippen LogP contribution in [0.4, 0.5) is 0 Å². The van der Waals surface area contributed by atoms with Crippen LogP contribution < -0.4 is 5.73 Å². The van der Waals surface area contributed by atoms with Crippen molar-refractivity contribution in [3.63, 3.8) is 0 Å². The minimum Gasteiger partial charge on any atom is -0.461 e. The summed E-state index contributed by atoms with van der Waals surface area (Å²) in [6, 6.07) is 14.7. The Morgan fingerprint density at radius 1 is 1.07 bits per heavy atom. The van der Waals surface area contributed by atoms with Gasteiger partial charge < -0.3 is 10.5 Å². The van der Waals surface area contributed by atoms with E-state index in [1.807, 2.05) is 37.3 Å². The molecule has 0 heterocycles. The third-order valence-corrected chi connectivity index (χ3v) is 5.18. The molecule has 1 saturated carbocycles. The average molecular weight is 391 g/mol. The van der Waals surface area contributed by atoms with Gasteiger partial charge in [0.2, 0.25) is 0 Å². The molecule has 0 spiro atoms. The summed E-state index contributed by atoms with van der Waals surface area (Å²) in [6.07, 6.45) is 4.35. The smallest absolute Gasteiger partial charge is 0.327 e. The molecule has 0 bridgehead atoms. The van der Waals surface area contributed by atoms with Crippen molar-refractivity contribution in [2.75, 3.05) is 0 Å². The van der Waals surface area contributed by atoms with Crippen molar-refractivity contribution < 1.29 is 22.5 Å². The van der Waals surface area contributed by atoms with Crippen molar-refractivity contribution in [1.29, 1.82) is 0 Å². The van der Waals surface area contributed by atoms with Crippen LogP contribution in [-0.4, -0.2) is 25.0 Å². The zero-order valence-electron chi connectivity index (χ0n) is 15.2. The molecule has 27 heavy (non-hydrogen) atoms. The van der Waals surface area contributed by atoms with Gasteiger partial charge >= 0.3 is 5.97 Å². The Balaban J connectivity index is 0.000000208. The summed E-state index contributed by atoms with van der Waals surface area (Å²) >= 11 is 0. The highest BCUT2D eigenvalue weighted by Gasteiger charge is 2.23. The second-order valence-electron chi connectivity index (χ2n) is 6.52. The molecule has 1 aliphatic rings. The monoisotopic (exact) mass is 391 g/mol. The Hall–Kier alpha value is -2.22. The topological polar surface area (TPSA) is 107 Å². The van der Waals surface area contributed by atoms with Gasteiger partial charge in [-0.25, -0.2) is 4.79 Å². The van der Waals surface area contributed by atoms with Gasteiger partial charge in [0.05, 0.1) is 4.90 Å². The number of esters is 1. The van der Waals surface area contributed by atoms with E-state index in [9.17, 15) is 13.2 Å². The van der Waals surface area contributed by atoms with Gasteiger partial charge in [-0.1, -0.05) is 48.0 Å². The van der Waals surface area contributed by atoms with E-state index in [1.54, 1.807) is 12.1 Å². The Morgan fingerprint density at radius 2 is 1.63 bits per heavy atom. The van der Waals surface area contributed by atoms with E-state index in [0.29, 0.717) is 0 Å². The lowest BCUT2D eigenvalue weighted by Crippen LogP contribution is -2.27. The van der Waals surface area contributed by atoms with Crippen LogP contribution in [0.5, 0.6) is 0 Å². The van der Waals surface area contributed by atoms with E-state index >= 15 is 0 Å². The fraction of sp³-hybridized carbons (Fsp3) is 0.350. The normalized spacial score (nSPS) is 15.5. The van der Waals surface area contributed by atoms with Crippen molar-refractivity contribution >= 4 is 16.1 Å². The molecular weight excluding hydrogens is 366 g/mol. The fourth-order valence-corrected chi connectivity index (χ4v) is 3.23. The maximum Gasteiger partial charge on any atom is 0.327 e. The maximum absolute atomic E-state index is 11.8. The molecule has 3 rings (SSSR count). The largest absolute Gasteiger partial charge is 0.461 e. The molecule has 0 radical (unpaired) electrons. The third kappa shape index (κ3) is 6.78. The van der Waals surface area contributed by atoms with Crippen LogP contribution in [0.15, 0.2) is 59.5 Å². The summed E-state index contributed by atoms with van der Waals surface area (Å²) in [5.41, 5.74) is 7.61. The molecule has 2 aromatic carbocycles. The first-order valence-electron chi connectivity index (χ1n) is 8.82. The molecule has 3 N–H and O–H groups in total. The van der Waals surface area contributed by atoms with Gasteiger partial charge in [0, 0.05) is 0 Å². The predicted octanol–water partition coefficient (Wildman–Crippen LogP) is 3.41. The Kier molecular flexibility index (Phi) is 7.53. The number of rotatable bonds is 4.